The summed E-state index contributed by atoms with van der Waals surface area (Å²) in [5.41, 5.74) is 5.54. The van der Waals surface area contributed by atoms with Gasteiger partial charge in [0.1, 0.15) is 0 Å². The molecule has 0 aliphatic carbocycles. The van der Waals surface area contributed by atoms with Gasteiger partial charge in [-0.2, -0.15) is 0 Å². The number of nitrogens with one attached hydrogen (secondary N) is 1. The van der Waals surface area contributed by atoms with E-state index in [0.717, 1.165) is 6.42 Å². The van der Waals surface area contributed by atoms with Crippen molar-refractivity contribution in [3.8, 4) is 0 Å². The van der Waals surface area contributed by atoms with Crippen LogP contribution < -0.4 is 11.1 Å². The molecule has 0 rings (SSSR count). The van der Waals surface area contributed by atoms with E-state index < -0.39 is 0 Å². The summed E-state index contributed by atoms with van der Waals surface area (Å²) in [6, 6.07) is 0.248. The van der Waals surface area contributed by atoms with Crippen LogP contribution in [0.1, 0.15) is 40.5 Å². The highest BCUT2D eigenvalue weighted by atomic mass is 16.1. The predicted octanol–water partition coefficient (Wildman–Crippen LogP) is 1.52. The van der Waals surface area contributed by atoms with Gasteiger partial charge in [-0.3, -0.25) is 4.79 Å². The molecule has 0 aromatic heterocycles. The van der Waals surface area contributed by atoms with Crippen molar-refractivity contribution >= 4 is 5.91 Å². The van der Waals surface area contributed by atoms with Gasteiger partial charge in [-0.05, 0) is 25.3 Å². The number of carbonyl (C=O) groups excluding carboxylic acids is 1. The van der Waals surface area contributed by atoms with Crippen molar-refractivity contribution in [3.63, 3.8) is 0 Å². The number of hydrogen-bond donors (Lipinski definition) is 2. The number of amides is 1. The fraction of sp³-hybridized carbons (Fsp3) is 0.909. The predicted molar refractivity (Wildman–Crippen MR) is 59.9 cm³/mol. The standard InChI is InChI=1S/C11H24N2O/c1-5-10(7-12)6-11(14)13-9(4)8(2)3/h8-10H,5-7,12H2,1-4H3,(H,13,14). The van der Waals surface area contributed by atoms with Gasteiger partial charge in [-0.1, -0.05) is 27.2 Å². The molecule has 0 fully saturated rings. The number of carbonyl (C=O) groups is 1. The van der Waals surface area contributed by atoms with E-state index in [4.69, 9.17) is 5.73 Å². The Bertz CT molecular complexity index is 159. The molecule has 2 atom stereocenters. The van der Waals surface area contributed by atoms with Crippen LogP contribution in [0.15, 0.2) is 0 Å². The minimum absolute atomic E-state index is 0.128. The van der Waals surface area contributed by atoms with Gasteiger partial charge < -0.3 is 11.1 Å². The van der Waals surface area contributed by atoms with Gasteiger partial charge >= 0.3 is 0 Å². The number of rotatable bonds is 6. The van der Waals surface area contributed by atoms with Gasteiger partial charge in [-0.15, -0.1) is 0 Å². The average Bonchev–Trinajstić information content (AvgIpc) is 2.13. The molecule has 0 aliphatic rings. The summed E-state index contributed by atoms with van der Waals surface area (Å²) in [5.74, 6) is 0.940. The lowest BCUT2D eigenvalue weighted by Gasteiger charge is -2.19. The SMILES string of the molecule is CCC(CN)CC(=O)NC(C)C(C)C. The molecule has 14 heavy (non-hydrogen) atoms. The van der Waals surface area contributed by atoms with Crippen molar-refractivity contribution < 1.29 is 4.79 Å². The smallest absolute Gasteiger partial charge is 0.220 e. The Kier molecular flexibility index (Phi) is 6.54. The minimum atomic E-state index is 0.128. The van der Waals surface area contributed by atoms with Crippen LogP contribution in [-0.2, 0) is 4.79 Å². The summed E-state index contributed by atoms with van der Waals surface area (Å²) in [6.07, 6.45) is 1.53. The van der Waals surface area contributed by atoms with Crippen LogP contribution >= 0.6 is 0 Å². The molecule has 0 radical (unpaired) electrons. The highest BCUT2D eigenvalue weighted by Gasteiger charge is 2.14. The summed E-state index contributed by atoms with van der Waals surface area (Å²) >= 11 is 0. The van der Waals surface area contributed by atoms with Gasteiger partial charge in [0.25, 0.3) is 0 Å². The van der Waals surface area contributed by atoms with Gasteiger partial charge in [0, 0.05) is 12.5 Å². The van der Waals surface area contributed by atoms with Crippen LogP contribution in [0.3, 0.4) is 0 Å². The Balaban J connectivity index is 3.85. The van der Waals surface area contributed by atoms with E-state index in [9.17, 15) is 4.79 Å². The Morgan fingerprint density at radius 1 is 1.36 bits per heavy atom. The first kappa shape index (κ1) is 13.4. The van der Waals surface area contributed by atoms with Gasteiger partial charge in [0.15, 0.2) is 0 Å². The van der Waals surface area contributed by atoms with E-state index in [1.807, 2.05) is 6.92 Å². The van der Waals surface area contributed by atoms with E-state index in [2.05, 4.69) is 26.1 Å². The van der Waals surface area contributed by atoms with Crippen LogP contribution in [0.25, 0.3) is 0 Å². The monoisotopic (exact) mass is 200 g/mol. The molecule has 0 saturated carbocycles. The Morgan fingerprint density at radius 2 is 1.93 bits per heavy atom. The molecule has 3 N–H and O–H groups in total. The van der Waals surface area contributed by atoms with Crippen LogP contribution in [0.5, 0.6) is 0 Å². The molecule has 0 spiro atoms. The van der Waals surface area contributed by atoms with E-state index in [1.54, 1.807) is 0 Å². The zero-order valence-corrected chi connectivity index (χ0v) is 9.84. The second kappa shape index (κ2) is 6.82. The Hall–Kier alpha value is -0.570. The Morgan fingerprint density at radius 3 is 2.29 bits per heavy atom. The molecule has 0 aromatic carbocycles. The molecule has 0 aromatic rings. The van der Waals surface area contributed by atoms with Gasteiger partial charge in [-0.25, -0.2) is 0 Å². The average molecular weight is 200 g/mol. The van der Waals surface area contributed by atoms with E-state index in [-0.39, 0.29) is 11.9 Å². The summed E-state index contributed by atoms with van der Waals surface area (Å²) in [7, 11) is 0. The van der Waals surface area contributed by atoms with Gasteiger partial charge in [0.2, 0.25) is 5.91 Å². The number of hydrogen-bond acceptors (Lipinski definition) is 2. The number of nitrogens with two attached hydrogens (primary N) is 1. The van der Waals surface area contributed by atoms with Crippen molar-refractivity contribution in [2.45, 2.75) is 46.6 Å². The van der Waals surface area contributed by atoms with Crippen molar-refractivity contribution in [2.75, 3.05) is 6.54 Å². The fourth-order valence-electron chi connectivity index (χ4n) is 1.14. The summed E-state index contributed by atoms with van der Waals surface area (Å²) in [4.78, 5) is 11.5. The molecule has 1 amide bonds. The second-order valence-corrected chi connectivity index (χ2v) is 4.31. The van der Waals surface area contributed by atoms with E-state index in [0.29, 0.717) is 24.8 Å². The summed E-state index contributed by atoms with van der Waals surface area (Å²) < 4.78 is 0. The lowest BCUT2D eigenvalue weighted by atomic mass is 10.0. The molecule has 3 heteroatoms. The third-order valence-electron chi connectivity index (χ3n) is 2.77. The first-order valence-electron chi connectivity index (χ1n) is 5.50. The third-order valence-corrected chi connectivity index (χ3v) is 2.77. The van der Waals surface area contributed by atoms with Crippen LogP contribution in [-0.4, -0.2) is 18.5 Å². The first-order chi connectivity index (χ1) is 6.51. The van der Waals surface area contributed by atoms with E-state index >= 15 is 0 Å². The maximum absolute atomic E-state index is 11.5. The van der Waals surface area contributed by atoms with Crippen LogP contribution in [0, 0.1) is 11.8 Å². The maximum atomic E-state index is 11.5. The third kappa shape index (κ3) is 5.22. The summed E-state index contributed by atoms with van der Waals surface area (Å²) in [5, 5.41) is 2.98. The van der Waals surface area contributed by atoms with Crippen molar-refractivity contribution in [1.82, 2.24) is 5.32 Å². The molecule has 3 nitrogen and oxygen atoms in total. The molecule has 2 unspecified atom stereocenters. The zero-order chi connectivity index (χ0) is 11.1. The van der Waals surface area contributed by atoms with Crippen molar-refractivity contribution in [2.24, 2.45) is 17.6 Å². The minimum Gasteiger partial charge on any atom is -0.353 e. The molecule has 84 valence electrons. The maximum Gasteiger partial charge on any atom is 0.220 e. The molecule has 0 aliphatic heterocycles. The molecule has 0 saturated heterocycles. The lowest BCUT2D eigenvalue weighted by Crippen LogP contribution is -2.37. The van der Waals surface area contributed by atoms with Crippen LogP contribution in [0.4, 0.5) is 0 Å². The summed E-state index contributed by atoms with van der Waals surface area (Å²) in [6.45, 7) is 8.90. The quantitative estimate of drug-likeness (QED) is 0.683. The van der Waals surface area contributed by atoms with Gasteiger partial charge in [0.05, 0.1) is 0 Å². The van der Waals surface area contributed by atoms with Crippen molar-refractivity contribution in [1.29, 1.82) is 0 Å². The molecular weight excluding hydrogens is 176 g/mol. The van der Waals surface area contributed by atoms with Crippen molar-refractivity contribution in [3.05, 3.63) is 0 Å². The largest absolute Gasteiger partial charge is 0.353 e. The molecular formula is C11H24N2O. The topological polar surface area (TPSA) is 55.1 Å². The highest BCUT2D eigenvalue weighted by Crippen LogP contribution is 2.07. The normalized spacial score (nSPS) is 15.3. The highest BCUT2D eigenvalue weighted by molar-refractivity contribution is 5.76. The first-order valence-corrected chi connectivity index (χ1v) is 5.50. The fourth-order valence-corrected chi connectivity index (χ4v) is 1.14. The van der Waals surface area contributed by atoms with Crippen LogP contribution in [0.2, 0.25) is 0 Å². The zero-order valence-electron chi connectivity index (χ0n) is 9.84. The van der Waals surface area contributed by atoms with E-state index in [1.165, 1.54) is 0 Å². The molecule has 0 bridgehead atoms. The second-order valence-electron chi connectivity index (χ2n) is 4.31. The lowest BCUT2D eigenvalue weighted by molar-refractivity contribution is -0.122. The Labute approximate surface area is 87.4 Å². The molecule has 0 heterocycles.